The fourth-order valence-electron chi connectivity index (χ4n) is 3.07. The number of amides is 1. The van der Waals surface area contributed by atoms with Gasteiger partial charge in [-0.25, -0.2) is 0 Å². The molecule has 0 spiro atoms. The molecule has 0 aromatic carbocycles. The van der Waals surface area contributed by atoms with E-state index in [4.69, 9.17) is 10.9 Å². The van der Waals surface area contributed by atoms with E-state index in [9.17, 15) is 4.79 Å². The first-order chi connectivity index (χ1) is 8.07. The van der Waals surface area contributed by atoms with Crippen LogP contribution in [0.3, 0.4) is 0 Å². The first-order valence-electron chi connectivity index (χ1n) is 6.32. The normalized spacial score (nSPS) is 33.8. The largest absolute Gasteiger partial charge is 0.409 e. The van der Waals surface area contributed by atoms with Crippen LogP contribution in [0.4, 0.5) is 0 Å². The monoisotopic (exact) mass is 239 g/mol. The topological polar surface area (TPSA) is 78.9 Å². The number of amidine groups is 1. The van der Waals surface area contributed by atoms with E-state index in [1.54, 1.807) is 18.9 Å². The third-order valence-corrected chi connectivity index (χ3v) is 4.41. The minimum Gasteiger partial charge on any atom is -0.409 e. The molecule has 3 N–H and O–H groups in total. The van der Waals surface area contributed by atoms with Crippen molar-refractivity contribution in [2.45, 2.75) is 38.6 Å². The van der Waals surface area contributed by atoms with Crippen LogP contribution in [0.2, 0.25) is 0 Å². The maximum absolute atomic E-state index is 12.3. The Morgan fingerprint density at radius 1 is 1.41 bits per heavy atom. The maximum atomic E-state index is 12.3. The van der Waals surface area contributed by atoms with Crippen LogP contribution in [-0.4, -0.2) is 34.9 Å². The number of fused-ring (bicyclic) bond motifs is 1. The van der Waals surface area contributed by atoms with Gasteiger partial charge in [-0.1, -0.05) is 18.0 Å². The zero-order valence-corrected chi connectivity index (χ0v) is 10.5. The number of likely N-dealkylation sites (N-methyl/N-ethyl adjacent to an activating group) is 1. The number of nitrogens with two attached hydrogens (primary N) is 1. The van der Waals surface area contributed by atoms with Crippen LogP contribution in [0, 0.1) is 17.8 Å². The molecule has 3 unspecified atom stereocenters. The highest BCUT2D eigenvalue weighted by Gasteiger charge is 2.55. The first kappa shape index (κ1) is 12.2. The summed E-state index contributed by atoms with van der Waals surface area (Å²) in [4.78, 5) is 13.9. The van der Waals surface area contributed by atoms with Crippen molar-refractivity contribution in [1.29, 1.82) is 0 Å². The Bertz CT molecular complexity index is 331. The number of oxime groups is 1. The molecule has 0 aliphatic heterocycles. The Morgan fingerprint density at radius 2 is 1.94 bits per heavy atom. The van der Waals surface area contributed by atoms with Crippen molar-refractivity contribution in [3.8, 4) is 0 Å². The van der Waals surface area contributed by atoms with Crippen LogP contribution in [0.15, 0.2) is 5.16 Å². The molecule has 2 aliphatic rings. The Balaban J connectivity index is 1.96. The van der Waals surface area contributed by atoms with Gasteiger partial charge in [0.2, 0.25) is 5.91 Å². The minimum atomic E-state index is -0.338. The van der Waals surface area contributed by atoms with Crippen molar-refractivity contribution in [3.63, 3.8) is 0 Å². The molecule has 2 aliphatic carbocycles. The fourth-order valence-corrected chi connectivity index (χ4v) is 3.07. The van der Waals surface area contributed by atoms with Gasteiger partial charge < -0.3 is 15.8 Å². The van der Waals surface area contributed by atoms with Gasteiger partial charge in [0.05, 0.1) is 6.04 Å². The van der Waals surface area contributed by atoms with Gasteiger partial charge >= 0.3 is 0 Å². The molecule has 96 valence electrons. The second kappa shape index (κ2) is 4.55. The highest BCUT2D eigenvalue weighted by molar-refractivity contribution is 5.91. The minimum absolute atomic E-state index is 0.0875. The van der Waals surface area contributed by atoms with Gasteiger partial charge in [-0.2, -0.15) is 0 Å². The van der Waals surface area contributed by atoms with E-state index in [1.807, 2.05) is 0 Å². The second-order valence-corrected chi connectivity index (χ2v) is 5.29. The number of carbonyl (C=O) groups excluding carboxylic acids is 1. The maximum Gasteiger partial charge on any atom is 0.226 e. The van der Waals surface area contributed by atoms with Gasteiger partial charge in [0.15, 0.2) is 5.84 Å². The van der Waals surface area contributed by atoms with E-state index in [2.05, 4.69) is 5.16 Å². The summed E-state index contributed by atoms with van der Waals surface area (Å²) in [6.45, 7) is 1.78. The molecule has 3 atom stereocenters. The summed E-state index contributed by atoms with van der Waals surface area (Å²) in [6.07, 6.45) is 4.88. The third-order valence-electron chi connectivity index (χ3n) is 4.41. The van der Waals surface area contributed by atoms with Crippen LogP contribution >= 0.6 is 0 Å². The van der Waals surface area contributed by atoms with Crippen molar-refractivity contribution in [2.75, 3.05) is 7.05 Å². The second-order valence-electron chi connectivity index (χ2n) is 5.29. The third kappa shape index (κ3) is 2.10. The first-order valence-corrected chi connectivity index (χ1v) is 6.32. The van der Waals surface area contributed by atoms with Crippen LogP contribution in [0.25, 0.3) is 0 Å². The molecule has 2 saturated carbocycles. The van der Waals surface area contributed by atoms with Crippen molar-refractivity contribution in [2.24, 2.45) is 28.6 Å². The zero-order chi connectivity index (χ0) is 12.6. The van der Waals surface area contributed by atoms with Crippen LogP contribution in [0.1, 0.15) is 32.6 Å². The van der Waals surface area contributed by atoms with E-state index in [0.717, 1.165) is 0 Å². The van der Waals surface area contributed by atoms with Crippen molar-refractivity contribution in [1.82, 2.24) is 4.90 Å². The molecular formula is C12H21N3O2. The average Bonchev–Trinajstić information content (AvgIpc) is 3.09. The fraction of sp³-hybridized carbons (Fsp3) is 0.833. The molecule has 0 radical (unpaired) electrons. The van der Waals surface area contributed by atoms with Crippen LogP contribution in [0.5, 0.6) is 0 Å². The molecule has 0 aromatic heterocycles. The smallest absolute Gasteiger partial charge is 0.226 e. The molecule has 0 heterocycles. The lowest BCUT2D eigenvalue weighted by Gasteiger charge is -2.24. The standard InChI is InChI=1S/C12H21N3O2/c1-7(11(13)14-17)15(2)12(16)10-8-5-3-4-6-9(8)10/h7-10,17H,3-6H2,1-2H3,(H2,13,14). The SMILES string of the molecule is CC(C(N)=NO)N(C)C(=O)C1C2CCCCC21. The molecule has 5 heteroatoms. The average molecular weight is 239 g/mol. The number of carbonyl (C=O) groups is 1. The summed E-state index contributed by atoms with van der Waals surface area (Å²) in [5.41, 5.74) is 5.53. The zero-order valence-electron chi connectivity index (χ0n) is 10.5. The highest BCUT2D eigenvalue weighted by Crippen LogP contribution is 2.56. The number of rotatable bonds is 3. The molecule has 1 amide bonds. The van der Waals surface area contributed by atoms with E-state index >= 15 is 0 Å². The quantitative estimate of drug-likeness (QED) is 0.334. The molecule has 2 rings (SSSR count). The molecule has 2 fully saturated rings. The van der Waals surface area contributed by atoms with Gasteiger partial charge in [0, 0.05) is 13.0 Å². The van der Waals surface area contributed by atoms with Gasteiger partial charge in [0.25, 0.3) is 0 Å². The van der Waals surface area contributed by atoms with Crippen molar-refractivity contribution in [3.05, 3.63) is 0 Å². The Morgan fingerprint density at radius 3 is 2.41 bits per heavy atom. The number of nitrogens with zero attached hydrogens (tertiary/aromatic N) is 2. The Labute approximate surface area is 102 Å². The molecule has 0 aromatic rings. The molecular weight excluding hydrogens is 218 g/mol. The summed E-state index contributed by atoms with van der Waals surface area (Å²) < 4.78 is 0. The van der Waals surface area contributed by atoms with Gasteiger partial charge in [0.1, 0.15) is 0 Å². The van der Waals surface area contributed by atoms with E-state index < -0.39 is 0 Å². The summed E-state index contributed by atoms with van der Waals surface area (Å²) >= 11 is 0. The van der Waals surface area contributed by atoms with Crippen LogP contribution < -0.4 is 5.73 Å². The lowest BCUT2D eigenvalue weighted by atomic mass is 10.0. The number of hydrogen-bond donors (Lipinski definition) is 2. The Hall–Kier alpha value is -1.26. The van der Waals surface area contributed by atoms with Gasteiger partial charge in [-0.15, -0.1) is 0 Å². The predicted molar refractivity (Wildman–Crippen MR) is 64.6 cm³/mol. The lowest BCUT2D eigenvalue weighted by molar-refractivity contribution is -0.132. The summed E-state index contributed by atoms with van der Waals surface area (Å²) in [6, 6.07) is -0.338. The van der Waals surface area contributed by atoms with Gasteiger partial charge in [-0.05, 0) is 31.6 Å². The molecule has 0 saturated heterocycles. The highest BCUT2D eigenvalue weighted by atomic mass is 16.4. The summed E-state index contributed by atoms with van der Waals surface area (Å²) in [5, 5.41) is 11.6. The summed E-state index contributed by atoms with van der Waals surface area (Å²) in [7, 11) is 1.73. The van der Waals surface area contributed by atoms with E-state index in [0.29, 0.717) is 11.8 Å². The number of hydrogen-bond acceptors (Lipinski definition) is 3. The molecule has 17 heavy (non-hydrogen) atoms. The van der Waals surface area contributed by atoms with Crippen LogP contribution in [-0.2, 0) is 4.79 Å². The van der Waals surface area contributed by atoms with Crippen molar-refractivity contribution >= 4 is 11.7 Å². The van der Waals surface area contributed by atoms with E-state index in [-0.39, 0.29) is 23.7 Å². The predicted octanol–water partition coefficient (Wildman–Crippen LogP) is 1.02. The molecule has 0 bridgehead atoms. The van der Waals surface area contributed by atoms with E-state index in [1.165, 1.54) is 25.7 Å². The lowest BCUT2D eigenvalue weighted by Crippen LogP contribution is -2.44. The summed E-state index contributed by atoms with van der Waals surface area (Å²) in [5.74, 6) is 1.62. The molecule has 5 nitrogen and oxygen atoms in total. The Kier molecular flexibility index (Phi) is 3.26. The van der Waals surface area contributed by atoms with Crippen molar-refractivity contribution < 1.29 is 10.0 Å². The van der Waals surface area contributed by atoms with Gasteiger partial charge in [-0.3, -0.25) is 4.79 Å².